The lowest BCUT2D eigenvalue weighted by Crippen LogP contribution is -2.56. The first kappa shape index (κ1) is 25.5. The Balaban J connectivity index is 1.48. The molecule has 2 atom stereocenters. The first-order chi connectivity index (χ1) is 15.8. The number of amides is 1. The summed E-state index contributed by atoms with van der Waals surface area (Å²) in [6.45, 7) is 14.5. The fourth-order valence-corrected chi connectivity index (χ4v) is 5.32. The van der Waals surface area contributed by atoms with Crippen LogP contribution in [0.15, 0.2) is 41.2 Å². The van der Waals surface area contributed by atoms with Crippen molar-refractivity contribution in [2.75, 3.05) is 32.8 Å². The van der Waals surface area contributed by atoms with Crippen LogP contribution in [-0.2, 0) is 4.74 Å². The lowest BCUT2D eigenvalue weighted by Gasteiger charge is -2.47. The van der Waals surface area contributed by atoms with E-state index in [-0.39, 0.29) is 12.5 Å². The largest absolute Gasteiger partial charge is 0.494 e. The number of ether oxygens (including phenoxy) is 1. The van der Waals surface area contributed by atoms with E-state index in [1.807, 2.05) is 26.0 Å². The number of carbonyl (C=O) groups is 1. The second kappa shape index (κ2) is 11.8. The Hall–Kier alpha value is -2.11. The maximum Gasteiger partial charge on any atom is 0.251 e. The summed E-state index contributed by atoms with van der Waals surface area (Å²) in [6.07, 6.45) is 5.99. The second-order valence-corrected chi connectivity index (χ2v) is 9.84. The summed E-state index contributed by atoms with van der Waals surface area (Å²) in [6, 6.07) is 6.49. The molecule has 1 saturated heterocycles. The van der Waals surface area contributed by atoms with E-state index < -0.39 is 0 Å². The van der Waals surface area contributed by atoms with Crippen molar-refractivity contribution in [3.05, 3.63) is 57.9 Å². The number of benzene rings is 1. The van der Waals surface area contributed by atoms with Gasteiger partial charge >= 0.3 is 0 Å². The van der Waals surface area contributed by atoms with Gasteiger partial charge in [0.05, 0.1) is 6.61 Å². The molecule has 0 radical (unpaired) electrons. The van der Waals surface area contributed by atoms with Crippen molar-refractivity contribution in [3.63, 3.8) is 0 Å². The minimum atomic E-state index is 0.0315. The molecule has 182 valence electrons. The van der Waals surface area contributed by atoms with Gasteiger partial charge in [0.2, 0.25) is 0 Å². The topological polar surface area (TPSA) is 61.8 Å². The molecule has 1 aliphatic heterocycles. The van der Waals surface area contributed by atoms with E-state index in [4.69, 9.17) is 9.84 Å². The van der Waals surface area contributed by atoms with Crippen molar-refractivity contribution in [2.24, 2.45) is 11.8 Å². The number of unbranched alkanes of at least 4 members (excludes halogenated alkanes) is 1. The first-order valence-corrected chi connectivity index (χ1v) is 12.6. The van der Waals surface area contributed by atoms with E-state index in [9.17, 15) is 4.79 Å². The maximum atomic E-state index is 12.6. The number of nitrogens with one attached hydrogen (secondary N) is 1. The molecule has 5 heteroatoms. The molecule has 3 rings (SSSR count). The van der Waals surface area contributed by atoms with Crippen LogP contribution in [0.1, 0.15) is 67.9 Å². The van der Waals surface area contributed by atoms with Gasteiger partial charge in [-0.15, -0.1) is 0 Å². The van der Waals surface area contributed by atoms with E-state index >= 15 is 0 Å². The number of carbonyl (C=O) groups excluding carboxylic acids is 1. The zero-order chi connectivity index (χ0) is 24.0. The molecule has 1 aromatic carbocycles. The SMILES string of the molecule is CCC1=C(C)C(OCCCCO)=CCC1C(C)N1CC(CNC(=O)c2cc(C)cc(C)c2)C1. The van der Waals surface area contributed by atoms with Crippen LogP contribution in [0.2, 0.25) is 0 Å². The van der Waals surface area contributed by atoms with Gasteiger partial charge in [0.25, 0.3) is 5.91 Å². The number of likely N-dealkylation sites (tertiary alicyclic amines) is 1. The lowest BCUT2D eigenvalue weighted by atomic mass is 9.79. The smallest absolute Gasteiger partial charge is 0.251 e. The molecule has 5 nitrogen and oxygen atoms in total. The van der Waals surface area contributed by atoms with E-state index in [1.165, 1.54) is 11.1 Å². The van der Waals surface area contributed by atoms with Crippen LogP contribution in [0.25, 0.3) is 0 Å². The van der Waals surface area contributed by atoms with Gasteiger partial charge in [-0.3, -0.25) is 9.69 Å². The fraction of sp³-hybridized carbons (Fsp3) is 0.607. The van der Waals surface area contributed by atoms with Crippen molar-refractivity contribution in [3.8, 4) is 0 Å². The predicted molar refractivity (Wildman–Crippen MR) is 134 cm³/mol. The van der Waals surface area contributed by atoms with Crippen LogP contribution in [-0.4, -0.2) is 54.8 Å². The number of nitrogens with zero attached hydrogens (tertiary/aromatic N) is 1. The normalized spacial score (nSPS) is 20.3. The fourth-order valence-electron chi connectivity index (χ4n) is 5.32. The van der Waals surface area contributed by atoms with Gasteiger partial charge in [-0.2, -0.15) is 0 Å². The van der Waals surface area contributed by atoms with Crippen LogP contribution >= 0.6 is 0 Å². The highest BCUT2D eigenvalue weighted by molar-refractivity contribution is 5.94. The summed E-state index contributed by atoms with van der Waals surface area (Å²) in [5.41, 5.74) is 5.81. The molecule has 1 fully saturated rings. The molecule has 0 aromatic heterocycles. The third-order valence-corrected chi connectivity index (χ3v) is 7.23. The molecule has 2 N–H and O–H groups in total. The molecular weight excluding hydrogens is 412 g/mol. The quantitative estimate of drug-likeness (QED) is 0.473. The Labute approximate surface area is 199 Å². The minimum absolute atomic E-state index is 0.0315. The summed E-state index contributed by atoms with van der Waals surface area (Å²) < 4.78 is 6.02. The van der Waals surface area contributed by atoms with Gasteiger partial charge < -0.3 is 15.2 Å². The number of hydrogen-bond donors (Lipinski definition) is 2. The first-order valence-electron chi connectivity index (χ1n) is 12.6. The van der Waals surface area contributed by atoms with Gasteiger partial charge in [0.1, 0.15) is 5.76 Å². The molecular formula is C28H42N2O3. The Morgan fingerprint density at radius 3 is 2.52 bits per heavy atom. The number of aliphatic hydroxyl groups excluding tert-OH is 1. The average molecular weight is 455 g/mol. The van der Waals surface area contributed by atoms with Crippen LogP contribution in [0.4, 0.5) is 0 Å². The lowest BCUT2D eigenvalue weighted by molar-refractivity contribution is 0.0384. The van der Waals surface area contributed by atoms with Crippen LogP contribution in [0, 0.1) is 25.7 Å². The zero-order valence-electron chi connectivity index (χ0n) is 21.1. The van der Waals surface area contributed by atoms with Crippen molar-refractivity contribution < 1.29 is 14.6 Å². The summed E-state index contributed by atoms with van der Waals surface area (Å²) in [5.74, 6) is 2.10. The Morgan fingerprint density at radius 1 is 1.18 bits per heavy atom. The van der Waals surface area contributed by atoms with Crippen molar-refractivity contribution in [1.29, 1.82) is 0 Å². The number of aryl methyl sites for hydroxylation is 2. The van der Waals surface area contributed by atoms with E-state index in [0.29, 0.717) is 24.5 Å². The Bertz CT molecular complexity index is 863. The molecule has 0 bridgehead atoms. The summed E-state index contributed by atoms with van der Waals surface area (Å²) in [7, 11) is 0. The summed E-state index contributed by atoms with van der Waals surface area (Å²) in [5, 5.41) is 12.1. The average Bonchev–Trinajstić information content (AvgIpc) is 2.75. The van der Waals surface area contributed by atoms with E-state index in [0.717, 1.165) is 67.8 Å². The molecule has 2 aliphatic rings. The molecule has 1 aromatic rings. The highest BCUT2D eigenvalue weighted by atomic mass is 16.5. The predicted octanol–water partition coefficient (Wildman–Crippen LogP) is 4.77. The van der Waals surface area contributed by atoms with E-state index in [1.54, 1.807) is 0 Å². The van der Waals surface area contributed by atoms with Crippen LogP contribution in [0.3, 0.4) is 0 Å². The highest BCUT2D eigenvalue weighted by Crippen LogP contribution is 2.37. The standard InChI is InChI=1S/C28H42N2O3/c1-6-25-21(4)27(33-12-8-7-11-31)10-9-26(25)22(5)30-17-23(18-30)16-29-28(32)24-14-19(2)13-20(3)15-24/h10,13-15,22-23,26,31H,6-9,11-12,16-18H2,1-5H3,(H,29,32). The molecule has 2 unspecified atom stereocenters. The third kappa shape index (κ3) is 6.48. The number of hydrogen-bond acceptors (Lipinski definition) is 4. The third-order valence-electron chi connectivity index (χ3n) is 7.23. The molecule has 33 heavy (non-hydrogen) atoms. The molecule has 0 spiro atoms. The molecule has 0 saturated carbocycles. The van der Waals surface area contributed by atoms with Gasteiger partial charge in [-0.1, -0.05) is 29.7 Å². The maximum absolute atomic E-state index is 12.6. The van der Waals surface area contributed by atoms with E-state index in [2.05, 4.69) is 43.1 Å². The van der Waals surface area contributed by atoms with Gasteiger partial charge in [-0.25, -0.2) is 0 Å². The molecule has 1 amide bonds. The van der Waals surface area contributed by atoms with Crippen LogP contribution in [0.5, 0.6) is 0 Å². The van der Waals surface area contributed by atoms with Crippen molar-refractivity contribution in [2.45, 2.75) is 66.3 Å². The Morgan fingerprint density at radius 2 is 1.88 bits per heavy atom. The van der Waals surface area contributed by atoms with Crippen molar-refractivity contribution in [1.82, 2.24) is 10.2 Å². The number of aliphatic hydroxyl groups is 1. The highest BCUT2D eigenvalue weighted by Gasteiger charge is 2.36. The number of allylic oxidation sites excluding steroid dienone is 2. The zero-order valence-corrected chi connectivity index (χ0v) is 21.1. The summed E-state index contributed by atoms with van der Waals surface area (Å²) >= 11 is 0. The van der Waals surface area contributed by atoms with Gasteiger partial charge in [0.15, 0.2) is 0 Å². The molecule has 1 heterocycles. The molecule has 1 aliphatic carbocycles. The van der Waals surface area contributed by atoms with Gasteiger partial charge in [-0.05, 0) is 83.1 Å². The van der Waals surface area contributed by atoms with Gasteiger partial charge in [0, 0.05) is 43.8 Å². The minimum Gasteiger partial charge on any atom is -0.494 e. The Kier molecular flexibility index (Phi) is 9.16. The van der Waals surface area contributed by atoms with Crippen molar-refractivity contribution >= 4 is 5.91 Å². The van der Waals surface area contributed by atoms with Crippen LogP contribution < -0.4 is 5.32 Å². The number of rotatable bonds is 11. The second-order valence-electron chi connectivity index (χ2n) is 9.84. The summed E-state index contributed by atoms with van der Waals surface area (Å²) in [4.78, 5) is 15.1. The monoisotopic (exact) mass is 454 g/mol.